The second kappa shape index (κ2) is 12.7. The summed E-state index contributed by atoms with van der Waals surface area (Å²) in [4.78, 5) is 10.6. The Balaban J connectivity index is 0.00000341. The molecule has 3 rings (SSSR count). The molecule has 0 spiro atoms. The van der Waals surface area contributed by atoms with Gasteiger partial charge in [-0.2, -0.15) is 4.31 Å². The van der Waals surface area contributed by atoms with Crippen LogP contribution in [0.5, 0.6) is 0 Å². The second-order valence-electron chi connectivity index (χ2n) is 7.35. The Morgan fingerprint density at radius 2 is 1.87 bits per heavy atom. The SMILES string of the molecule is CCNC(=NCc1ccc(S(=O)(=O)N2CCCCC2)cc1)NCCc1ncc(C)s1.I. The largest absolute Gasteiger partial charge is 0.357 e. The molecule has 31 heavy (non-hydrogen) atoms. The highest BCUT2D eigenvalue weighted by Crippen LogP contribution is 2.21. The molecule has 0 amide bonds. The van der Waals surface area contributed by atoms with Crippen LogP contribution in [0.1, 0.15) is 41.6 Å². The minimum Gasteiger partial charge on any atom is -0.357 e. The topological polar surface area (TPSA) is 86.7 Å². The van der Waals surface area contributed by atoms with Gasteiger partial charge in [-0.15, -0.1) is 35.3 Å². The number of hydrogen-bond donors (Lipinski definition) is 2. The van der Waals surface area contributed by atoms with Gasteiger partial charge in [0.15, 0.2) is 5.96 Å². The van der Waals surface area contributed by atoms with Crippen molar-refractivity contribution in [1.82, 2.24) is 19.9 Å². The molecule has 0 aliphatic carbocycles. The first-order chi connectivity index (χ1) is 14.5. The van der Waals surface area contributed by atoms with Crippen LogP contribution in [-0.2, 0) is 23.0 Å². The van der Waals surface area contributed by atoms with Gasteiger partial charge in [0.05, 0.1) is 16.4 Å². The second-order valence-corrected chi connectivity index (χ2v) is 10.6. The van der Waals surface area contributed by atoms with E-state index in [0.717, 1.165) is 55.3 Å². The van der Waals surface area contributed by atoms with E-state index in [0.29, 0.717) is 24.5 Å². The molecule has 1 fully saturated rings. The van der Waals surface area contributed by atoms with Gasteiger partial charge < -0.3 is 10.6 Å². The number of thiazole rings is 1. The molecule has 0 atom stereocenters. The van der Waals surface area contributed by atoms with Gasteiger partial charge in [-0.25, -0.2) is 18.4 Å². The summed E-state index contributed by atoms with van der Waals surface area (Å²) in [7, 11) is -3.39. The molecule has 10 heteroatoms. The lowest BCUT2D eigenvalue weighted by Gasteiger charge is -2.25. The molecule has 1 aliphatic heterocycles. The number of halogens is 1. The van der Waals surface area contributed by atoms with Crippen molar-refractivity contribution in [3.8, 4) is 0 Å². The molecular formula is C21H32IN5O2S2. The summed E-state index contributed by atoms with van der Waals surface area (Å²) < 4.78 is 27.1. The number of benzene rings is 1. The maximum atomic E-state index is 12.8. The summed E-state index contributed by atoms with van der Waals surface area (Å²) in [5.74, 6) is 0.746. The lowest BCUT2D eigenvalue weighted by atomic mass is 10.2. The van der Waals surface area contributed by atoms with Crippen molar-refractivity contribution in [1.29, 1.82) is 0 Å². The Morgan fingerprint density at radius 1 is 1.16 bits per heavy atom. The van der Waals surface area contributed by atoms with Crippen LogP contribution in [0.3, 0.4) is 0 Å². The van der Waals surface area contributed by atoms with Crippen molar-refractivity contribution in [3.05, 3.63) is 45.9 Å². The molecule has 0 unspecified atom stereocenters. The average molecular weight is 578 g/mol. The molecule has 0 bridgehead atoms. The number of aryl methyl sites for hydroxylation is 1. The molecule has 2 aromatic rings. The summed E-state index contributed by atoms with van der Waals surface area (Å²) in [5, 5.41) is 7.68. The number of aromatic nitrogens is 1. The van der Waals surface area contributed by atoms with Crippen LogP contribution in [0.4, 0.5) is 0 Å². The van der Waals surface area contributed by atoms with Gasteiger partial charge in [0.1, 0.15) is 0 Å². The molecule has 1 aromatic carbocycles. The Kier molecular flexibility index (Phi) is 10.7. The highest BCUT2D eigenvalue weighted by molar-refractivity contribution is 14.0. The lowest BCUT2D eigenvalue weighted by molar-refractivity contribution is 0.346. The number of guanidine groups is 1. The van der Waals surface area contributed by atoms with Crippen molar-refractivity contribution in [2.75, 3.05) is 26.2 Å². The van der Waals surface area contributed by atoms with Crippen LogP contribution in [0.15, 0.2) is 40.4 Å². The Hall–Kier alpha value is -1.24. The number of aliphatic imine (C=N–C) groups is 1. The highest BCUT2D eigenvalue weighted by atomic mass is 127. The number of piperidine rings is 1. The third kappa shape index (κ3) is 7.69. The van der Waals surface area contributed by atoms with Gasteiger partial charge in [-0.3, -0.25) is 0 Å². The van der Waals surface area contributed by atoms with Gasteiger partial charge in [-0.1, -0.05) is 18.6 Å². The Labute approximate surface area is 206 Å². The fourth-order valence-corrected chi connectivity index (χ4v) is 5.64. The van der Waals surface area contributed by atoms with Crippen LogP contribution in [0.25, 0.3) is 0 Å². The third-order valence-electron chi connectivity index (χ3n) is 4.94. The number of sulfonamides is 1. The molecular weight excluding hydrogens is 545 g/mol. The minimum absolute atomic E-state index is 0. The van der Waals surface area contributed by atoms with E-state index in [-0.39, 0.29) is 24.0 Å². The normalized spacial score (nSPS) is 15.4. The summed E-state index contributed by atoms with van der Waals surface area (Å²) in [6.45, 7) is 7.33. The first-order valence-electron chi connectivity index (χ1n) is 10.5. The van der Waals surface area contributed by atoms with Crippen molar-refractivity contribution < 1.29 is 8.42 Å². The van der Waals surface area contributed by atoms with Crippen LogP contribution < -0.4 is 10.6 Å². The van der Waals surface area contributed by atoms with E-state index in [2.05, 4.69) is 27.5 Å². The van der Waals surface area contributed by atoms with Gasteiger partial charge in [0, 0.05) is 43.7 Å². The standard InChI is InChI=1S/C21H31N5O2S2.HI/c1-3-22-21(23-12-11-20-24-15-17(2)29-20)25-16-18-7-9-19(10-8-18)30(27,28)26-13-5-4-6-14-26;/h7-10,15H,3-6,11-14,16H2,1-2H3,(H2,22,23,25);1H. The highest BCUT2D eigenvalue weighted by Gasteiger charge is 2.25. The van der Waals surface area contributed by atoms with E-state index in [1.165, 1.54) is 4.88 Å². The predicted octanol–water partition coefficient (Wildman–Crippen LogP) is 3.54. The maximum Gasteiger partial charge on any atom is 0.243 e. The lowest BCUT2D eigenvalue weighted by Crippen LogP contribution is -2.38. The van der Waals surface area contributed by atoms with Gasteiger partial charge >= 0.3 is 0 Å². The number of nitrogens with one attached hydrogen (secondary N) is 2. The first kappa shape index (κ1) is 26.0. The van der Waals surface area contributed by atoms with Crippen LogP contribution in [0.2, 0.25) is 0 Å². The summed E-state index contributed by atoms with van der Waals surface area (Å²) in [5.41, 5.74) is 0.973. The molecule has 1 aromatic heterocycles. The van der Waals surface area contributed by atoms with Crippen molar-refractivity contribution in [2.45, 2.75) is 51.0 Å². The molecule has 172 valence electrons. The fraction of sp³-hybridized carbons (Fsp3) is 0.524. The van der Waals surface area contributed by atoms with Crippen molar-refractivity contribution in [2.24, 2.45) is 4.99 Å². The monoisotopic (exact) mass is 577 g/mol. The molecule has 7 nitrogen and oxygen atoms in total. The van der Waals surface area contributed by atoms with Crippen LogP contribution in [-0.4, -0.2) is 49.8 Å². The van der Waals surface area contributed by atoms with E-state index >= 15 is 0 Å². The zero-order valence-electron chi connectivity index (χ0n) is 18.1. The third-order valence-corrected chi connectivity index (χ3v) is 7.83. The summed E-state index contributed by atoms with van der Waals surface area (Å²) >= 11 is 1.71. The molecule has 1 aliphatic rings. The Bertz CT molecular complexity index is 939. The van der Waals surface area contributed by atoms with E-state index in [9.17, 15) is 8.42 Å². The van der Waals surface area contributed by atoms with Crippen LogP contribution >= 0.6 is 35.3 Å². The van der Waals surface area contributed by atoms with Gasteiger partial charge in [-0.05, 0) is 44.4 Å². The summed E-state index contributed by atoms with van der Waals surface area (Å²) in [6, 6.07) is 7.09. The predicted molar refractivity (Wildman–Crippen MR) is 138 cm³/mol. The van der Waals surface area contributed by atoms with E-state index in [1.54, 1.807) is 27.8 Å². The quantitative estimate of drug-likeness (QED) is 0.285. The number of rotatable bonds is 8. The van der Waals surface area contributed by atoms with E-state index in [1.807, 2.05) is 25.3 Å². The van der Waals surface area contributed by atoms with Crippen molar-refractivity contribution >= 4 is 51.3 Å². The zero-order chi connectivity index (χ0) is 21.4. The first-order valence-corrected chi connectivity index (χ1v) is 12.8. The Morgan fingerprint density at radius 3 is 2.48 bits per heavy atom. The number of nitrogens with zero attached hydrogens (tertiary/aromatic N) is 3. The molecule has 1 saturated heterocycles. The number of hydrogen-bond acceptors (Lipinski definition) is 5. The van der Waals surface area contributed by atoms with Crippen LogP contribution in [0, 0.1) is 6.92 Å². The van der Waals surface area contributed by atoms with Gasteiger partial charge in [0.2, 0.25) is 10.0 Å². The molecule has 0 radical (unpaired) electrons. The smallest absolute Gasteiger partial charge is 0.243 e. The van der Waals surface area contributed by atoms with Crippen molar-refractivity contribution in [3.63, 3.8) is 0 Å². The zero-order valence-corrected chi connectivity index (χ0v) is 22.1. The van der Waals surface area contributed by atoms with E-state index in [4.69, 9.17) is 0 Å². The fourth-order valence-electron chi connectivity index (χ4n) is 3.34. The van der Waals surface area contributed by atoms with Gasteiger partial charge in [0.25, 0.3) is 0 Å². The molecule has 0 saturated carbocycles. The molecule has 2 N–H and O–H groups in total. The van der Waals surface area contributed by atoms with E-state index < -0.39 is 10.0 Å². The molecule has 2 heterocycles. The maximum absolute atomic E-state index is 12.8. The minimum atomic E-state index is -3.39. The summed E-state index contributed by atoms with van der Waals surface area (Å²) in [6.07, 6.45) is 5.73. The average Bonchev–Trinajstić information content (AvgIpc) is 3.18.